The van der Waals surface area contributed by atoms with Crippen LogP contribution in [0.1, 0.15) is 60.3 Å². The summed E-state index contributed by atoms with van der Waals surface area (Å²) in [6.45, 7) is 13.6. The van der Waals surface area contributed by atoms with E-state index in [2.05, 4.69) is 18.8 Å². The molecular weight excluding hydrogens is 252 g/mol. The first-order chi connectivity index (χ1) is 9.08. The van der Waals surface area contributed by atoms with E-state index < -0.39 is 17.7 Å². The van der Waals surface area contributed by atoms with Gasteiger partial charge in [-0.15, -0.1) is 6.58 Å². The second-order valence-electron chi connectivity index (χ2n) is 6.66. The summed E-state index contributed by atoms with van der Waals surface area (Å²) in [7, 11) is 0. The Hall–Kier alpha value is -1.32. The van der Waals surface area contributed by atoms with Gasteiger partial charge in [0.05, 0.1) is 5.92 Å². The Kier molecular flexibility index (Phi) is 7.54. The molecule has 0 radical (unpaired) electrons. The lowest BCUT2D eigenvalue weighted by molar-refractivity contribution is -0.134. The van der Waals surface area contributed by atoms with E-state index in [1.54, 1.807) is 0 Å². The number of rotatable bonds is 8. The summed E-state index contributed by atoms with van der Waals surface area (Å²) in [5.74, 6) is -1.35. The highest BCUT2D eigenvalue weighted by atomic mass is 16.2. The summed E-state index contributed by atoms with van der Waals surface area (Å²) < 4.78 is 0. The van der Waals surface area contributed by atoms with Gasteiger partial charge in [0.2, 0.25) is 11.8 Å². The number of carbonyl (C=O) groups excluding carboxylic acids is 2. The van der Waals surface area contributed by atoms with Crippen LogP contribution in [0.5, 0.6) is 0 Å². The molecule has 0 rings (SSSR count). The lowest BCUT2D eigenvalue weighted by Gasteiger charge is -2.29. The van der Waals surface area contributed by atoms with E-state index in [0.717, 1.165) is 18.4 Å². The molecule has 0 saturated carbocycles. The molecule has 0 fully saturated rings. The van der Waals surface area contributed by atoms with Crippen LogP contribution >= 0.6 is 0 Å². The van der Waals surface area contributed by atoms with Crippen molar-refractivity contribution >= 4 is 11.8 Å². The smallest absolute Gasteiger partial charge is 0.224 e. The Morgan fingerprint density at radius 2 is 1.80 bits per heavy atom. The fourth-order valence-electron chi connectivity index (χ4n) is 2.22. The first-order valence-electron chi connectivity index (χ1n) is 7.34. The SMILES string of the molecule is C=C(C)C[C@@H](C(=O)NC(C)(C)C)C(CCCC)C(N)=O. The Balaban J connectivity index is 5.12. The fraction of sp³-hybridized carbons (Fsp3) is 0.750. The Morgan fingerprint density at radius 3 is 2.15 bits per heavy atom. The van der Waals surface area contributed by atoms with Crippen molar-refractivity contribution in [3.05, 3.63) is 12.2 Å². The van der Waals surface area contributed by atoms with Gasteiger partial charge in [0.15, 0.2) is 0 Å². The van der Waals surface area contributed by atoms with Gasteiger partial charge in [0.25, 0.3) is 0 Å². The van der Waals surface area contributed by atoms with Gasteiger partial charge < -0.3 is 11.1 Å². The highest BCUT2D eigenvalue weighted by molar-refractivity contribution is 5.87. The minimum absolute atomic E-state index is 0.111. The molecule has 0 heterocycles. The van der Waals surface area contributed by atoms with E-state index in [4.69, 9.17) is 5.73 Å². The van der Waals surface area contributed by atoms with Gasteiger partial charge in [-0.2, -0.15) is 0 Å². The van der Waals surface area contributed by atoms with E-state index in [0.29, 0.717) is 12.8 Å². The summed E-state index contributed by atoms with van der Waals surface area (Å²) in [6, 6.07) is 0. The maximum atomic E-state index is 12.4. The third-order valence-electron chi connectivity index (χ3n) is 3.12. The van der Waals surface area contributed by atoms with Crippen LogP contribution in [0.2, 0.25) is 0 Å². The molecule has 0 aliphatic heterocycles. The number of primary amides is 1. The number of nitrogens with two attached hydrogens (primary N) is 1. The summed E-state index contributed by atoms with van der Waals surface area (Å²) in [5, 5.41) is 2.95. The quantitative estimate of drug-likeness (QED) is 0.672. The van der Waals surface area contributed by atoms with E-state index in [1.807, 2.05) is 27.7 Å². The van der Waals surface area contributed by atoms with Gasteiger partial charge in [-0.25, -0.2) is 0 Å². The normalized spacial score (nSPS) is 14.4. The summed E-state index contributed by atoms with van der Waals surface area (Å²) in [4.78, 5) is 24.2. The van der Waals surface area contributed by atoms with Gasteiger partial charge in [-0.1, -0.05) is 25.3 Å². The van der Waals surface area contributed by atoms with Crippen LogP contribution in [-0.4, -0.2) is 17.4 Å². The number of allylic oxidation sites excluding steroid dienone is 1. The highest BCUT2D eigenvalue weighted by Crippen LogP contribution is 2.25. The number of hydrogen-bond donors (Lipinski definition) is 2. The molecule has 0 aliphatic carbocycles. The molecular formula is C16H30N2O2. The van der Waals surface area contributed by atoms with Gasteiger partial charge in [0, 0.05) is 11.5 Å². The first-order valence-corrected chi connectivity index (χ1v) is 7.34. The largest absolute Gasteiger partial charge is 0.369 e. The van der Waals surface area contributed by atoms with Crippen LogP contribution in [-0.2, 0) is 9.59 Å². The van der Waals surface area contributed by atoms with Crippen LogP contribution in [0.15, 0.2) is 12.2 Å². The lowest BCUT2D eigenvalue weighted by atomic mass is 9.82. The molecule has 0 aromatic rings. The minimum Gasteiger partial charge on any atom is -0.369 e. The maximum Gasteiger partial charge on any atom is 0.224 e. The number of hydrogen-bond acceptors (Lipinski definition) is 2. The maximum absolute atomic E-state index is 12.4. The molecule has 0 aromatic carbocycles. The Morgan fingerprint density at radius 1 is 1.25 bits per heavy atom. The molecule has 4 nitrogen and oxygen atoms in total. The van der Waals surface area contributed by atoms with Gasteiger partial charge in [-0.05, 0) is 40.5 Å². The van der Waals surface area contributed by atoms with Crippen molar-refractivity contribution in [2.45, 2.75) is 65.8 Å². The Labute approximate surface area is 123 Å². The number of unbranched alkanes of at least 4 members (excludes halogenated alkanes) is 1. The van der Waals surface area contributed by atoms with E-state index >= 15 is 0 Å². The lowest BCUT2D eigenvalue weighted by Crippen LogP contribution is -2.47. The predicted octanol–water partition coefficient (Wildman–Crippen LogP) is 2.78. The third kappa shape index (κ3) is 7.31. The summed E-state index contributed by atoms with van der Waals surface area (Å²) >= 11 is 0. The average molecular weight is 282 g/mol. The molecule has 0 aliphatic rings. The third-order valence-corrected chi connectivity index (χ3v) is 3.12. The molecule has 1 unspecified atom stereocenters. The molecule has 0 bridgehead atoms. The fourth-order valence-corrected chi connectivity index (χ4v) is 2.22. The number of nitrogens with one attached hydrogen (secondary N) is 1. The topological polar surface area (TPSA) is 72.2 Å². The van der Waals surface area contributed by atoms with Crippen LogP contribution in [0, 0.1) is 11.8 Å². The van der Waals surface area contributed by atoms with Crippen molar-refractivity contribution in [3.8, 4) is 0 Å². The molecule has 20 heavy (non-hydrogen) atoms. The minimum atomic E-state index is -0.422. The molecule has 2 atom stereocenters. The summed E-state index contributed by atoms with van der Waals surface area (Å²) in [6.07, 6.45) is 3.02. The molecule has 0 spiro atoms. The van der Waals surface area contributed by atoms with Crippen molar-refractivity contribution in [1.29, 1.82) is 0 Å². The zero-order chi connectivity index (χ0) is 15.9. The van der Waals surface area contributed by atoms with Gasteiger partial charge >= 0.3 is 0 Å². The summed E-state index contributed by atoms with van der Waals surface area (Å²) in [5.41, 5.74) is 6.08. The highest BCUT2D eigenvalue weighted by Gasteiger charge is 2.33. The van der Waals surface area contributed by atoms with Crippen molar-refractivity contribution in [2.75, 3.05) is 0 Å². The van der Waals surface area contributed by atoms with Crippen LogP contribution in [0.4, 0.5) is 0 Å². The van der Waals surface area contributed by atoms with E-state index in [9.17, 15) is 9.59 Å². The number of carbonyl (C=O) groups is 2. The van der Waals surface area contributed by atoms with Crippen molar-refractivity contribution in [3.63, 3.8) is 0 Å². The van der Waals surface area contributed by atoms with Crippen molar-refractivity contribution < 1.29 is 9.59 Å². The van der Waals surface area contributed by atoms with Crippen LogP contribution < -0.4 is 11.1 Å². The van der Waals surface area contributed by atoms with Gasteiger partial charge in [0.1, 0.15) is 0 Å². The zero-order valence-electron chi connectivity index (χ0n) is 13.6. The second kappa shape index (κ2) is 8.08. The molecule has 2 amide bonds. The van der Waals surface area contributed by atoms with Crippen molar-refractivity contribution in [2.24, 2.45) is 17.6 Å². The van der Waals surface area contributed by atoms with Crippen LogP contribution in [0.25, 0.3) is 0 Å². The molecule has 116 valence electrons. The standard InChI is InChI=1S/C16H30N2O2/c1-7-8-9-12(14(17)19)13(10-11(2)3)15(20)18-16(4,5)6/h12-13H,2,7-10H2,1,3-6H3,(H2,17,19)(H,18,20)/t12?,13-/m1/s1. The number of amides is 2. The molecule has 3 N–H and O–H groups in total. The van der Waals surface area contributed by atoms with Crippen molar-refractivity contribution in [1.82, 2.24) is 5.32 Å². The predicted molar refractivity (Wildman–Crippen MR) is 83.0 cm³/mol. The Bertz CT molecular complexity index is 356. The molecule has 4 heteroatoms. The molecule has 0 aromatic heterocycles. The van der Waals surface area contributed by atoms with Gasteiger partial charge in [-0.3, -0.25) is 9.59 Å². The second-order valence-corrected chi connectivity index (χ2v) is 6.66. The zero-order valence-corrected chi connectivity index (χ0v) is 13.6. The first kappa shape index (κ1) is 18.7. The van der Waals surface area contributed by atoms with Crippen LogP contribution in [0.3, 0.4) is 0 Å². The molecule has 0 saturated heterocycles. The monoisotopic (exact) mass is 282 g/mol. The van der Waals surface area contributed by atoms with E-state index in [-0.39, 0.29) is 11.4 Å². The van der Waals surface area contributed by atoms with E-state index in [1.165, 1.54) is 0 Å². The average Bonchev–Trinajstić information content (AvgIpc) is 2.24.